The van der Waals surface area contributed by atoms with Crippen molar-refractivity contribution in [1.82, 2.24) is 9.62 Å². The van der Waals surface area contributed by atoms with Crippen LogP contribution < -0.4 is 5.32 Å². The highest BCUT2D eigenvalue weighted by molar-refractivity contribution is 7.89. The summed E-state index contributed by atoms with van der Waals surface area (Å²) in [6.45, 7) is 8.13. The van der Waals surface area contributed by atoms with Gasteiger partial charge in [-0.1, -0.05) is 13.3 Å². The van der Waals surface area contributed by atoms with Gasteiger partial charge >= 0.3 is 0 Å². The molecule has 1 saturated heterocycles. The van der Waals surface area contributed by atoms with E-state index in [1.54, 1.807) is 11.2 Å². The Hall–Kier alpha value is -0.850. The summed E-state index contributed by atoms with van der Waals surface area (Å²) < 4.78 is 32.9. The Kier molecular flexibility index (Phi) is 4.88. The highest BCUT2D eigenvalue weighted by Gasteiger charge is 2.32. The van der Waals surface area contributed by atoms with Gasteiger partial charge in [-0.25, -0.2) is 8.42 Å². The summed E-state index contributed by atoms with van der Waals surface area (Å²) in [6.07, 6.45) is 3.00. The van der Waals surface area contributed by atoms with Crippen LogP contribution in [0.25, 0.3) is 0 Å². The second-order valence-electron chi connectivity index (χ2n) is 5.27. The number of nitrogens with zero attached hydrogens (tertiary/aromatic N) is 1. The van der Waals surface area contributed by atoms with Crippen molar-refractivity contribution in [2.24, 2.45) is 0 Å². The maximum atomic E-state index is 12.8. The summed E-state index contributed by atoms with van der Waals surface area (Å²) in [5, 5.41) is 3.19. The second-order valence-corrected chi connectivity index (χ2v) is 7.14. The average Bonchev–Trinajstić information content (AvgIpc) is 2.72. The maximum Gasteiger partial charge on any atom is 0.246 e. The highest BCUT2D eigenvalue weighted by Crippen LogP contribution is 2.30. The first-order valence-corrected chi connectivity index (χ1v) is 8.72. The molecule has 6 heteroatoms. The lowest BCUT2D eigenvalue weighted by atomic mass is 10.2. The lowest BCUT2D eigenvalue weighted by Gasteiger charge is -2.26. The first-order chi connectivity index (χ1) is 9.48. The standard InChI is InChI=1S/C14H24N2O3S/c1-4-15-10-13-11(2)19-12(3)14(13)20(17,18)16-8-6-5-7-9-16/h15H,4-10H2,1-3H3. The van der Waals surface area contributed by atoms with Crippen LogP contribution in [0, 0.1) is 13.8 Å². The van der Waals surface area contributed by atoms with Gasteiger partial charge in [0.15, 0.2) is 0 Å². The van der Waals surface area contributed by atoms with Crippen molar-refractivity contribution >= 4 is 10.0 Å². The van der Waals surface area contributed by atoms with Gasteiger partial charge in [-0.3, -0.25) is 0 Å². The van der Waals surface area contributed by atoms with Crippen molar-refractivity contribution in [3.8, 4) is 0 Å². The summed E-state index contributed by atoms with van der Waals surface area (Å²) in [7, 11) is -3.43. The van der Waals surface area contributed by atoms with Crippen molar-refractivity contribution in [3.63, 3.8) is 0 Å². The minimum Gasteiger partial charge on any atom is -0.465 e. The molecule has 1 N–H and O–H groups in total. The third kappa shape index (κ3) is 2.92. The number of nitrogens with one attached hydrogen (secondary N) is 1. The highest BCUT2D eigenvalue weighted by atomic mass is 32.2. The molecule has 20 heavy (non-hydrogen) atoms. The molecule has 0 radical (unpaired) electrons. The molecule has 0 spiro atoms. The van der Waals surface area contributed by atoms with E-state index in [4.69, 9.17) is 4.42 Å². The molecule has 0 saturated carbocycles. The lowest BCUT2D eigenvalue weighted by molar-refractivity contribution is 0.345. The molecule has 0 atom stereocenters. The summed E-state index contributed by atoms with van der Waals surface area (Å²) in [6, 6.07) is 0. The molecule has 1 aliphatic rings. The van der Waals surface area contributed by atoms with Gasteiger partial charge in [-0.15, -0.1) is 0 Å². The van der Waals surface area contributed by atoms with E-state index in [2.05, 4.69) is 5.32 Å². The molecule has 2 rings (SSSR count). The fourth-order valence-corrected chi connectivity index (χ4v) is 4.67. The Labute approximate surface area is 121 Å². The number of rotatable bonds is 5. The molecule has 2 heterocycles. The molecule has 114 valence electrons. The summed E-state index contributed by atoms with van der Waals surface area (Å²) in [4.78, 5) is 0.373. The van der Waals surface area contributed by atoms with Gasteiger partial charge in [0.05, 0.1) is 0 Å². The zero-order valence-corrected chi connectivity index (χ0v) is 13.3. The van der Waals surface area contributed by atoms with Gasteiger partial charge < -0.3 is 9.73 Å². The van der Waals surface area contributed by atoms with Crippen LogP contribution >= 0.6 is 0 Å². The van der Waals surface area contributed by atoms with E-state index in [-0.39, 0.29) is 0 Å². The zero-order chi connectivity index (χ0) is 14.8. The molecule has 1 aliphatic heterocycles. The van der Waals surface area contributed by atoms with E-state index < -0.39 is 10.0 Å². The lowest BCUT2D eigenvalue weighted by Crippen LogP contribution is -2.36. The molecule has 0 aromatic carbocycles. The molecule has 0 bridgehead atoms. The quantitative estimate of drug-likeness (QED) is 0.905. The van der Waals surface area contributed by atoms with Crippen LogP contribution in [0.15, 0.2) is 9.31 Å². The predicted octanol–water partition coefficient (Wildman–Crippen LogP) is 2.18. The fraction of sp³-hybridized carbons (Fsp3) is 0.714. The van der Waals surface area contributed by atoms with E-state index in [1.807, 2.05) is 13.8 Å². The minimum atomic E-state index is -3.43. The van der Waals surface area contributed by atoms with Gasteiger partial charge in [0, 0.05) is 25.2 Å². The van der Waals surface area contributed by atoms with E-state index in [0.29, 0.717) is 36.1 Å². The Bertz CT molecular complexity index is 557. The molecule has 0 amide bonds. The fourth-order valence-electron chi connectivity index (χ4n) is 2.74. The van der Waals surface area contributed by atoms with Crippen molar-refractivity contribution in [2.45, 2.75) is 51.5 Å². The summed E-state index contributed by atoms with van der Waals surface area (Å²) in [5.74, 6) is 1.19. The van der Waals surface area contributed by atoms with E-state index in [1.165, 1.54) is 0 Å². The normalized spacial score (nSPS) is 17.6. The number of sulfonamides is 1. The van der Waals surface area contributed by atoms with Gasteiger partial charge in [0.25, 0.3) is 0 Å². The van der Waals surface area contributed by atoms with Crippen LogP contribution in [-0.4, -0.2) is 32.4 Å². The minimum absolute atomic E-state index is 0.373. The predicted molar refractivity (Wildman–Crippen MR) is 78.2 cm³/mol. The van der Waals surface area contributed by atoms with Crippen molar-refractivity contribution < 1.29 is 12.8 Å². The first-order valence-electron chi connectivity index (χ1n) is 7.28. The van der Waals surface area contributed by atoms with Crippen LogP contribution in [-0.2, 0) is 16.6 Å². The van der Waals surface area contributed by atoms with E-state index in [0.717, 1.165) is 31.4 Å². The zero-order valence-electron chi connectivity index (χ0n) is 12.5. The molecule has 1 fully saturated rings. The third-order valence-electron chi connectivity index (χ3n) is 3.79. The Morgan fingerprint density at radius 1 is 1.15 bits per heavy atom. The molecule has 0 aliphatic carbocycles. The molecule has 5 nitrogen and oxygen atoms in total. The van der Waals surface area contributed by atoms with E-state index >= 15 is 0 Å². The Balaban J connectivity index is 2.39. The molecule has 1 aromatic rings. The second kappa shape index (κ2) is 6.28. The maximum absolute atomic E-state index is 12.8. The van der Waals surface area contributed by atoms with Gasteiger partial charge in [-0.05, 0) is 33.2 Å². The van der Waals surface area contributed by atoms with Gasteiger partial charge in [0.1, 0.15) is 16.4 Å². The van der Waals surface area contributed by atoms with Crippen molar-refractivity contribution in [2.75, 3.05) is 19.6 Å². The SMILES string of the molecule is CCNCc1c(C)oc(C)c1S(=O)(=O)N1CCCCC1. The molecular formula is C14H24N2O3S. The third-order valence-corrected chi connectivity index (χ3v) is 5.88. The van der Waals surface area contributed by atoms with Crippen molar-refractivity contribution in [3.05, 3.63) is 17.1 Å². The van der Waals surface area contributed by atoms with Gasteiger partial charge in [0.2, 0.25) is 10.0 Å². The van der Waals surface area contributed by atoms with Crippen LogP contribution in [0.2, 0.25) is 0 Å². The van der Waals surface area contributed by atoms with Crippen molar-refractivity contribution in [1.29, 1.82) is 0 Å². The monoisotopic (exact) mass is 300 g/mol. The number of aryl methyl sites for hydroxylation is 2. The average molecular weight is 300 g/mol. The first kappa shape index (κ1) is 15.5. The topological polar surface area (TPSA) is 62.6 Å². The summed E-state index contributed by atoms with van der Waals surface area (Å²) >= 11 is 0. The van der Waals surface area contributed by atoms with E-state index in [9.17, 15) is 8.42 Å². The number of hydrogen-bond acceptors (Lipinski definition) is 4. The molecule has 0 unspecified atom stereocenters. The van der Waals surface area contributed by atoms with Crippen LogP contribution in [0.4, 0.5) is 0 Å². The van der Waals surface area contributed by atoms with Crippen LogP contribution in [0.5, 0.6) is 0 Å². The Morgan fingerprint density at radius 3 is 2.40 bits per heavy atom. The molecule has 1 aromatic heterocycles. The Morgan fingerprint density at radius 2 is 1.80 bits per heavy atom. The largest absolute Gasteiger partial charge is 0.465 e. The number of hydrogen-bond donors (Lipinski definition) is 1. The molecular weight excluding hydrogens is 276 g/mol. The number of piperidine rings is 1. The number of furan rings is 1. The van der Waals surface area contributed by atoms with Gasteiger partial charge in [-0.2, -0.15) is 4.31 Å². The van der Waals surface area contributed by atoms with Crippen LogP contribution in [0.3, 0.4) is 0 Å². The smallest absolute Gasteiger partial charge is 0.246 e. The summed E-state index contributed by atoms with van der Waals surface area (Å²) in [5.41, 5.74) is 0.773. The van der Waals surface area contributed by atoms with Crippen LogP contribution in [0.1, 0.15) is 43.3 Å².